The molecule has 0 aliphatic heterocycles. The predicted molar refractivity (Wildman–Crippen MR) is 81.1 cm³/mol. The Kier molecular flexibility index (Phi) is 3.96. The molecule has 0 aliphatic rings. The highest BCUT2D eigenvalue weighted by atomic mass is 19.1. The number of hydrogen-bond donors (Lipinski definition) is 2. The number of rotatable bonds is 4. The summed E-state index contributed by atoms with van der Waals surface area (Å²) in [4.78, 5) is 19.7. The molecule has 23 heavy (non-hydrogen) atoms. The molecule has 2 heterocycles. The van der Waals surface area contributed by atoms with E-state index in [1.165, 1.54) is 24.5 Å². The van der Waals surface area contributed by atoms with Crippen LogP contribution >= 0.6 is 0 Å². The number of anilines is 1. The molecule has 0 spiro atoms. The molecule has 0 radical (unpaired) electrons. The summed E-state index contributed by atoms with van der Waals surface area (Å²) in [6, 6.07) is 7.70. The van der Waals surface area contributed by atoms with Crippen LogP contribution in [0.15, 0.2) is 48.9 Å². The largest absolute Gasteiger partial charge is 0.382 e. The zero-order valence-corrected chi connectivity index (χ0v) is 12.0. The van der Waals surface area contributed by atoms with Crippen LogP contribution in [0.2, 0.25) is 0 Å². The second-order valence-electron chi connectivity index (χ2n) is 4.70. The van der Waals surface area contributed by atoms with Crippen LogP contribution in [-0.4, -0.2) is 25.7 Å². The van der Waals surface area contributed by atoms with Gasteiger partial charge in [0.1, 0.15) is 5.82 Å². The average Bonchev–Trinajstić information content (AvgIpc) is 3.03. The molecule has 0 bridgehead atoms. The van der Waals surface area contributed by atoms with E-state index in [4.69, 9.17) is 5.73 Å². The number of carbonyl (C=O) groups is 1. The minimum absolute atomic E-state index is 0.0711. The van der Waals surface area contributed by atoms with E-state index in [-0.39, 0.29) is 23.9 Å². The monoisotopic (exact) mass is 312 g/mol. The summed E-state index contributed by atoms with van der Waals surface area (Å²) in [5.41, 5.74) is 7.04. The van der Waals surface area contributed by atoms with Crippen molar-refractivity contribution in [2.24, 2.45) is 0 Å². The number of amides is 1. The van der Waals surface area contributed by atoms with Crippen LogP contribution in [0.3, 0.4) is 0 Å². The first-order valence-electron chi connectivity index (χ1n) is 6.78. The fourth-order valence-electron chi connectivity index (χ4n) is 1.97. The molecule has 0 saturated carbocycles. The van der Waals surface area contributed by atoms with Gasteiger partial charge in [0.25, 0.3) is 5.91 Å². The van der Waals surface area contributed by atoms with Gasteiger partial charge in [0.2, 0.25) is 0 Å². The van der Waals surface area contributed by atoms with Crippen molar-refractivity contribution < 1.29 is 9.18 Å². The van der Waals surface area contributed by atoms with Crippen LogP contribution in [0.5, 0.6) is 0 Å². The quantitative estimate of drug-likeness (QED) is 0.757. The van der Waals surface area contributed by atoms with Gasteiger partial charge in [-0.25, -0.2) is 19.0 Å². The van der Waals surface area contributed by atoms with Crippen molar-refractivity contribution in [3.05, 3.63) is 66.1 Å². The van der Waals surface area contributed by atoms with Crippen LogP contribution in [0.4, 0.5) is 10.2 Å². The van der Waals surface area contributed by atoms with E-state index in [1.54, 1.807) is 29.1 Å². The molecule has 3 N–H and O–H groups in total. The number of nitrogens with zero attached hydrogens (tertiary/aromatic N) is 4. The number of carbonyl (C=O) groups excluding carboxylic acids is 1. The number of aromatic nitrogens is 4. The Bertz CT molecular complexity index is 830. The minimum Gasteiger partial charge on any atom is -0.382 e. The van der Waals surface area contributed by atoms with Gasteiger partial charge in [-0.1, -0.05) is 0 Å². The maximum absolute atomic E-state index is 12.9. The number of nitrogens with one attached hydrogen (secondary N) is 1. The van der Waals surface area contributed by atoms with Crippen LogP contribution in [0, 0.1) is 5.82 Å². The van der Waals surface area contributed by atoms with E-state index in [0.717, 1.165) is 5.69 Å². The second-order valence-corrected chi connectivity index (χ2v) is 4.70. The fourth-order valence-corrected chi connectivity index (χ4v) is 1.97. The van der Waals surface area contributed by atoms with Gasteiger partial charge >= 0.3 is 0 Å². The van der Waals surface area contributed by atoms with Crippen LogP contribution in [0.25, 0.3) is 5.69 Å². The highest BCUT2D eigenvalue weighted by molar-refractivity contribution is 5.96. The molecular weight excluding hydrogens is 299 g/mol. The fraction of sp³-hybridized carbons (Fsp3) is 0.0667. The lowest BCUT2D eigenvalue weighted by Crippen LogP contribution is -2.25. The van der Waals surface area contributed by atoms with Gasteiger partial charge in [0, 0.05) is 18.6 Å². The highest BCUT2D eigenvalue weighted by Crippen LogP contribution is 2.09. The summed E-state index contributed by atoms with van der Waals surface area (Å²) in [7, 11) is 0. The van der Waals surface area contributed by atoms with Crippen LogP contribution in [-0.2, 0) is 6.54 Å². The predicted octanol–water partition coefficient (Wildman–Crippen LogP) is 1.31. The third-order valence-corrected chi connectivity index (χ3v) is 3.11. The lowest BCUT2D eigenvalue weighted by atomic mass is 10.3. The van der Waals surface area contributed by atoms with Gasteiger partial charge in [0.15, 0.2) is 11.5 Å². The smallest absolute Gasteiger partial charge is 0.274 e. The molecule has 0 unspecified atom stereocenters. The summed E-state index contributed by atoms with van der Waals surface area (Å²) < 4.78 is 14.5. The Hall–Kier alpha value is -3.29. The standard InChI is InChI=1S/C15H13FN6O/c16-10-1-3-12(4-2-10)22-8-5-11(21-22)9-20-15(23)13-14(17)19-7-6-18-13/h1-8H,9H2,(H2,17,19)(H,20,23). The normalized spacial score (nSPS) is 10.5. The highest BCUT2D eigenvalue weighted by Gasteiger charge is 2.12. The lowest BCUT2D eigenvalue weighted by Gasteiger charge is -2.04. The van der Waals surface area contributed by atoms with Crippen molar-refractivity contribution in [1.82, 2.24) is 25.1 Å². The van der Waals surface area contributed by atoms with Gasteiger partial charge in [-0.3, -0.25) is 4.79 Å². The zero-order chi connectivity index (χ0) is 16.2. The van der Waals surface area contributed by atoms with Crippen molar-refractivity contribution in [1.29, 1.82) is 0 Å². The molecule has 2 aromatic heterocycles. The molecular formula is C15H13FN6O. The summed E-state index contributed by atoms with van der Waals surface area (Å²) in [5.74, 6) is -0.663. The van der Waals surface area contributed by atoms with E-state index in [9.17, 15) is 9.18 Å². The van der Waals surface area contributed by atoms with Crippen molar-refractivity contribution in [2.75, 3.05) is 5.73 Å². The van der Waals surface area contributed by atoms with Crippen molar-refractivity contribution in [3.8, 4) is 5.69 Å². The molecule has 0 aliphatic carbocycles. The van der Waals surface area contributed by atoms with Gasteiger partial charge in [-0.05, 0) is 30.3 Å². The molecule has 0 atom stereocenters. The van der Waals surface area contributed by atoms with E-state index < -0.39 is 5.91 Å². The van der Waals surface area contributed by atoms with Crippen molar-refractivity contribution in [2.45, 2.75) is 6.54 Å². The molecule has 116 valence electrons. The number of halogens is 1. The van der Waals surface area contributed by atoms with Gasteiger partial charge in [-0.15, -0.1) is 0 Å². The number of nitrogen functional groups attached to an aromatic ring is 1. The third-order valence-electron chi connectivity index (χ3n) is 3.11. The summed E-state index contributed by atoms with van der Waals surface area (Å²) in [5, 5.41) is 6.98. The van der Waals surface area contributed by atoms with E-state index >= 15 is 0 Å². The van der Waals surface area contributed by atoms with Crippen LogP contribution in [0.1, 0.15) is 16.2 Å². The number of nitrogens with two attached hydrogens (primary N) is 1. The third kappa shape index (κ3) is 3.31. The first-order valence-corrected chi connectivity index (χ1v) is 6.78. The van der Waals surface area contributed by atoms with Crippen LogP contribution < -0.4 is 11.1 Å². The Balaban J connectivity index is 1.67. The second kappa shape index (κ2) is 6.22. The Morgan fingerprint density at radius 2 is 1.91 bits per heavy atom. The molecule has 3 aromatic rings. The average molecular weight is 312 g/mol. The molecule has 0 fully saturated rings. The molecule has 1 aromatic carbocycles. The first-order chi connectivity index (χ1) is 11.1. The maximum atomic E-state index is 12.9. The number of hydrogen-bond acceptors (Lipinski definition) is 5. The topological polar surface area (TPSA) is 98.7 Å². The van der Waals surface area contributed by atoms with Gasteiger partial charge in [-0.2, -0.15) is 5.10 Å². The Morgan fingerprint density at radius 1 is 1.17 bits per heavy atom. The van der Waals surface area contributed by atoms with Gasteiger partial charge in [0.05, 0.1) is 17.9 Å². The molecule has 7 nitrogen and oxygen atoms in total. The van der Waals surface area contributed by atoms with Crippen molar-refractivity contribution in [3.63, 3.8) is 0 Å². The summed E-state index contributed by atoms with van der Waals surface area (Å²) in [6.45, 7) is 0.211. The Labute approximate surface area is 131 Å². The van der Waals surface area contributed by atoms with Crippen molar-refractivity contribution >= 4 is 11.7 Å². The minimum atomic E-state index is -0.424. The number of benzene rings is 1. The van der Waals surface area contributed by atoms with E-state index in [1.807, 2.05) is 0 Å². The zero-order valence-electron chi connectivity index (χ0n) is 12.0. The molecule has 0 saturated heterocycles. The Morgan fingerprint density at radius 3 is 2.65 bits per heavy atom. The first kappa shape index (κ1) is 14.6. The molecule has 8 heteroatoms. The van der Waals surface area contributed by atoms with E-state index in [2.05, 4.69) is 20.4 Å². The van der Waals surface area contributed by atoms with E-state index in [0.29, 0.717) is 5.69 Å². The SMILES string of the molecule is Nc1nccnc1C(=O)NCc1ccn(-c2ccc(F)cc2)n1. The van der Waals surface area contributed by atoms with Gasteiger partial charge < -0.3 is 11.1 Å². The molecule has 3 rings (SSSR count). The molecule has 1 amide bonds. The summed E-state index contributed by atoms with van der Waals surface area (Å²) in [6.07, 6.45) is 4.54. The summed E-state index contributed by atoms with van der Waals surface area (Å²) >= 11 is 0. The maximum Gasteiger partial charge on any atom is 0.274 e. The lowest BCUT2D eigenvalue weighted by molar-refractivity contribution is 0.0946.